The van der Waals surface area contributed by atoms with E-state index < -0.39 is 0 Å². The molecule has 0 unspecified atom stereocenters. The predicted molar refractivity (Wildman–Crippen MR) is 113 cm³/mol. The molecule has 1 aliphatic rings. The van der Waals surface area contributed by atoms with E-state index in [1.165, 1.54) is 9.80 Å². The van der Waals surface area contributed by atoms with Crippen molar-refractivity contribution in [2.45, 2.75) is 19.8 Å². The van der Waals surface area contributed by atoms with Gasteiger partial charge in [-0.05, 0) is 54.8 Å². The van der Waals surface area contributed by atoms with Crippen LogP contribution in [0.3, 0.4) is 0 Å². The van der Waals surface area contributed by atoms with E-state index in [-0.39, 0.29) is 23.8 Å². The van der Waals surface area contributed by atoms with E-state index in [0.717, 1.165) is 16.7 Å². The summed E-state index contributed by atoms with van der Waals surface area (Å²) in [6.07, 6.45) is 0. The lowest BCUT2D eigenvalue weighted by Gasteiger charge is -2.29. The lowest BCUT2D eigenvalue weighted by atomic mass is 9.87. The molecule has 1 saturated heterocycles. The summed E-state index contributed by atoms with van der Waals surface area (Å²) in [6.45, 7) is 5.07. The largest absolute Gasteiger partial charge is 0.330 e. The minimum atomic E-state index is -0.368. The highest BCUT2D eigenvalue weighted by Gasteiger charge is 2.39. The van der Waals surface area contributed by atoms with Crippen LogP contribution >= 0.6 is 0 Å². The van der Waals surface area contributed by atoms with Gasteiger partial charge in [-0.1, -0.05) is 18.2 Å². The topological polar surface area (TPSA) is 76.4 Å². The van der Waals surface area contributed by atoms with Gasteiger partial charge >= 0.3 is 6.03 Å². The lowest BCUT2D eigenvalue weighted by molar-refractivity contribution is -0.121. The third kappa shape index (κ3) is 4.30. The number of nitriles is 1. The maximum atomic E-state index is 13.6. The molecule has 2 atom stereocenters. The summed E-state index contributed by atoms with van der Waals surface area (Å²) in [6, 6.07) is 14.8. The average Bonchev–Trinajstić information content (AvgIpc) is 3.17. The number of carbonyl (C=O) groups excluding carboxylic acids is 2. The van der Waals surface area contributed by atoms with Gasteiger partial charge in [0.15, 0.2) is 0 Å². The molecule has 3 rings (SSSR count). The number of amides is 3. The number of carbonyl (C=O) groups is 2. The Labute approximate surface area is 171 Å². The van der Waals surface area contributed by atoms with Crippen LogP contribution in [0.25, 0.3) is 0 Å². The van der Waals surface area contributed by atoms with E-state index in [4.69, 9.17) is 5.26 Å². The standard InChI is InChI=1S/C23H26N4O2/c1-15-9-16(2)11-19(10-15)27(23(29)26(3)4)22(28)21-14-25-13-20(21)18-7-5-17(12-24)6-8-18/h5-11,20-21,25H,13-14H2,1-4H3/t20-,21-/m0/s1. The Morgan fingerprint density at radius 1 is 1.03 bits per heavy atom. The highest BCUT2D eigenvalue weighted by Crippen LogP contribution is 2.32. The van der Waals surface area contributed by atoms with Gasteiger partial charge < -0.3 is 10.2 Å². The molecule has 6 nitrogen and oxygen atoms in total. The molecule has 0 saturated carbocycles. The van der Waals surface area contributed by atoms with Gasteiger partial charge in [0.05, 0.1) is 23.2 Å². The lowest BCUT2D eigenvalue weighted by Crippen LogP contribution is -2.47. The monoisotopic (exact) mass is 390 g/mol. The van der Waals surface area contributed by atoms with Gasteiger partial charge in [0, 0.05) is 33.1 Å². The van der Waals surface area contributed by atoms with Gasteiger partial charge in [0.25, 0.3) is 0 Å². The molecular weight excluding hydrogens is 364 g/mol. The van der Waals surface area contributed by atoms with Crippen LogP contribution in [-0.4, -0.2) is 44.0 Å². The zero-order valence-corrected chi connectivity index (χ0v) is 17.3. The molecule has 6 heteroatoms. The molecule has 0 spiro atoms. The smallest absolute Gasteiger partial charge is 0.330 e. The van der Waals surface area contributed by atoms with Crippen LogP contribution in [0.1, 0.15) is 28.2 Å². The number of nitrogens with zero attached hydrogens (tertiary/aromatic N) is 3. The second-order valence-electron chi connectivity index (χ2n) is 7.80. The third-order valence-corrected chi connectivity index (χ3v) is 5.26. The summed E-state index contributed by atoms with van der Waals surface area (Å²) in [5.41, 5.74) is 4.17. The third-order valence-electron chi connectivity index (χ3n) is 5.26. The van der Waals surface area contributed by atoms with E-state index >= 15 is 0 Å². The number of hydrogen-bond acceptors (Lipinski definition) is 4. The van der Waals surface area contributed by atoms with Gasteiger partial charge in [0.2, 0.25) is 5.91 Å². The zero-order chi connectivity index (χ0) is 21.1. The van der Waals surface area contributed by atoms with Crippen LogP contribution in [0, 0.1) is 31.1 Å². The molecule has 29 heavy (non-hydrogen) atoms. The highest BCUT2D eigenvalue weighted by atomic mass is 16.2. The van der Waals surface area contributed by atoms with Crippen molar-refractivity contribution in [3.63, 3.8) is 0 Å². The van der Waals surface area contributed by atoms with E-state index in [1.54, 1.807) is 26.2 Å². The highest BCUT2D eigenvalue weighted by molar-refractivity contribution is 6.15. The predicted octanol–water partition coefficient (Wildman–Crippen LogP) is 3.19. The van der Waals surface area contributed by atoms with E-state index in [9.17, 15) is 9.59 Å². The molecule has 0 bridgehead atoms. The molecule has 0 aromatic heterocycles. The Balaban J connectivity index is 1.97. The summed E-state index contributed by atoms with van der Waals surface area (Å²) >= 11 is 0. The van der Waals surface area contributed by atoms with Crippen molar-refractivity contribution in [3.8, 4) is 6.07 Å². The Morgan fingerprint density at radius 3 is 2.21 bits per heavy atom. The van der Waals surface area contributed by atoms with Gasteiger partial charge in [-0.25, -0.2) is 9.69 Å². The first-order valence-corrected chi connectivity index (χ1v) is 9.66. The van der Waals surface area contributed by atoms with Gasteiger partial charge in [-0.3, -0.25) is 4.79 Å². The second kappa shape index (κ2) is 8.46. The fraction of sp³-hybridized carbons (Fsp3) is 0.348. The fourth-order valence-corrected chi connectivity index (χ4v) is 3.87. The number of nitrogens with one attached hydrogen (secondary N) is 1. The Bertz CT molecular complexity index is 940. The first-order chi connectivity index (χ1) is 13.8. The molecule has 0 aliphatic carbocycles. The van der Waals surface area contributed by atoms with E-state index in [0.29, 0.717) is 24.3 Å². The minimum Gasteiger partial charge on any atom is -0.330 e. The summed E-state index contributed by atoms with van der Waals surface area (Å²) in [4.78, 5) is 29.3. The molecule has 2 aromatic carbocycles. The number of benzene rings is 2. The van der Waals surface area contributed by atoms with Gasteiger partial charge in [0.1, 0.15) is 0 Å². The van der Waals surface area contributed by atoms with Gasteiger partial charge in [-0.15, -0.1) is 0 Å². The summed E-state index contributed by atoms with van der Waals surface area (Å²) in [5, 5.41) is 12.3. The van der Waals surface area contributed by atoms with Crippen LogP contribution in [0.5, 0.6) is 0 Å². The minimum absolute atomic E-state index is 0.0568. The first-order valence-electron chi connectivity index (χ1n) is 9.66. The van der Waals surface area contributed by atoms with Crippen LogP contribution < -0.4 is 10.2 Å². The maximum Gasteiger partial charge on any atom is 0.330 e. The van der Waals surface area contributed by atoms with E-state index in [1.807, 2.05) is 44.2 Å². The molecule has 2 aromatic rings. The Kier molecular flexibility index (Phi) is 6.00. The molecule has 1 heterocycles. The van der Waals surface area contributed by atoms with E-state index in [2.05, 4.69) is 11.4 Å². The van der Waals surface area contributed by atoms with Crippen LogP contribution in [0.2, 0.25) is 0 Å². The molecule has 1 aliphatic heterocycles. The molecule has 1 fully saturated rings. The first kappa shape index (κ1) is 20.6. The van der Waals surface area contributed by atoms with Crippen LogP contribution in [0.15, 0.2) is 42.5 Å². The van der Waals surface area contributed by atoms with Crippen molar-refractivity contribution in [3.05, 3.63) is 64.7 Å². The average molecular weight is 390 g/mol. The Morgan fingerprint density at radius 2 is 1.66 bits per heavy atom. The zero-order valence-electron chi connectivity index (χ0n) is 17.3. The van der Waals surface area contributed by atoms with Crippen LogP contribution in [-0.2, 0) is 4.79 Å². The summed E-state index contributed by atoms with van der Waals surface area (Å²) in [5.74, 6) is -0.640. The van der Waals surface area contributed by atoms with Crippen molar-refractivity contribution in [1.29, 1.82) is 5.26 Å². The summed E-state index contributed by atoms with van der Waals surface area (Å²) < 4.78 is 0. The normalized spacial score (nSPS) is 18.2. The number of anilines is 1. The quantitative estimate of drug-likeness (QED) is 0.873. The fourth-order valence-electron chi connectivity index (χ4n) is 3.87. The second-order valence-corrected chi connectivity index (χ2v) is 7.80. The molecule has 0 radical (unpaired) electrons. The number of hydrogen-bond donors (Lipinski definition) is 1. The van der Waals surface area contributed by atoms with Crippen molar-refractivity contribution in [2.24, 2.45) is 5.92 Å². The molecule has 3 amide bonds. The van der Waals surface area contributed by atoms with Crippen LogP contribution in [0.4, 0.5) is 10.5 Å². The SMILES string of the molecule is Cc1cc(C)cc(N(C(=O)[C@H]2CNC[C@H]2c2ccc(C#N)cc2)C(=O)N(C)C)c1. The van der Waals surface area contributed by atoms with Gasteiger partial charge in [-0.2, -0.15) is 5.26 Å². The summed E-state index contributed by atoms with van der Waals surface area (Å²) in [7, 11) is 3.30. The molecular formula is C23H26N4O2. The number of aryl methyl sites for hydroxylation is 2. The Hall–Kier alpha value is -3.17. The molecule has 150 valence electrons. The van der Waals surface area contributed by atoms with Crippen molar-refractivity contribution >= 4 is 17.6 Å². The number of urea groups is 1. The maximum absolute atomic E-state index is 13.6. The van der Waals surface area contributed by atoms with Crippen molar-refractivity contribution in [1.82, 2.24) is 10.2 Å². The number of imide groups is 1. The molecule has 1 N–H and O–H groups in total. The number of rotatable bonds is 3. The van der Waals surface area contributed by atoms with Crippen molar-refractivity contribution in [2.75, 3.05) is 32.1 Å². The van der Waals surface area contributed by atoms with Crippen molar-refractivity contribution < 1.29 is 9.59 Å².